The molecule has 162 valence electrons. The standard InChI is InChI=1S/C21H25F3N4O2/c1-12-15-10-27(2)11-28(16-5-3-4-6-17(16)29)20(15)26-25-19(12)14-8-7-13(9-18(14)30)21(22,23)24/h7-9,16-17,29-30H,3-6,10-11H2,1-2H3/t16-,17-/m1/s1. The Morgan fingerprint density at radius 3 is 2.53 bits per heavy atom. The Labute approximate surface area is 173 Å². The molecule has 2 N–H and O–H groups in total. The number of anilines is 1. The Hall–Kier alpha value is -2.39. The molecule has 2 aromatic rings. The molecule has 0 unspecified atom stereocenters. The minimum absolute atomic E-state index is 0.0423. The molecule has 0 radical (unpaired) electrons. The van der Waals surface area contributed by atoms with Gasteiger partial charge in [0.05, 0.1) is 24.4 Å². The van der Waals surface area contributed by atoms with E-state index < -0.39 is 23.6 Å². The van der Waals surface area contributed by atoms with Gasteiger partial charge in [-0.15, -0.1) is 10.2 Å². The summed E-state index contributed by atoms with van der Waals surface area (Å²) in [7, 11) is 1.97. The van der Waals surface area contributed by atoms with E-state index in [0.29, 0.717) is 30.8 Å². The van der Waals surface area contributed by atoms with Crippen LogP contribution in [0, 0.1) is 6.92 Å². The Balaban J connectivity index is 1.75. The fourth-order valence-electron chi connectivity index (χ4n) is 4.49. The molecule has 6 nitrogen and oxygen atoms in total. The number of aliphatic hydroxyl groups excluding tert-OH is 1. The van der Waals surface area contributed by atoms with Crippen molar-refractivity contribution in [2.24, 2.45) is 0 Å². The zero-order valence-electron chi connectivity index (χ0n) is 16.9. The topological polar surface area (TPSA) is 72.7 Å². The Morgan fingerprint density at radius 1 is 1.13 bits per heavy atom. The monoisotopic (exact) mass is 422 g/mol. The predicted molar refractivity (Wildman–Crippen MR) is 106 cm³/mol. The molecule has 1 aliphatic carbocycles. The van der Waals surface area contributed by atoms with Crippen molar-refractivity contribution >= 4 is 5.82 Å². The molecule has 1 aromatic carbocycles. The number of phenolic OH excluding ortho intramolecular Hbond substituents is 1. The lowest BCUT2D eigenvalue weighted by Crippen LogP contribution is -2.52. The molecule has 2 heterocycles. The number of fused-ring (bicyclic) bond motifs is 1. The van der Waals surface area contributed by atoms with Crippen molar-refractivity contribution in [2.75, 3.05) is 18.6 Å². The van der Waals surface area contributed by atoms with E-state index in [1.807, 2.05) is 14.0 Å². The minimum Gasteiger partial charge on any atom is -0.507 e. The predicted octanol–water partition coefficient (Wildman–Crippen LogP) is 3.69. The molecule has 2 atom stereocenters. The highest BCUT2D eigenvalue weighted by Crippen LogP contribution is 2.40. The molecular formula is C21H25F3N4O2. The molecule has 30 heavy (non-hydrogen) atoms. The Kier molecular flexibility index (Phi) is 5.36. The number of aromatic nitrogens is 2. The van der Waals surface area contributed by atoms with E-state index in [0.717, 1.165) is 42.9 Å². The molecule has 9 heteroatoms. The number of alkyl halides is 3. The van der Waals surface area contributed by atoms with E-state index in [1.165, 1.54) is 6.07 Å². The average Bonchev–Trinajstić information content (AvgIpc) is 2.68. The van der Waals surface area contributed by atoms with E-state index >= 15 is 0 Å². The summed E-state index contributed by atoms with van der Waals surface area (Å²) < 4.78 is 38.8. The van der Waals surface area contributed by atoms with Crippen LogP contribution < -0.4 is 4.90 Å². The van der Waals surface area contributed by atoms with Crippen molar-refractivity contribution in [1.29, 1.82) is 0 Å². The smallest absolute Gasteiger partial charge is 0.416 e. The number of aromatic hydroxyl groups is 1. The van der Waals surface area contributed by atoms with E-state index in [1.54, 1.807) is 0 Å². The van der Waals surface area contributed by atoms with Crippen LogP contribution in [0.4, 0.5) is 19.0 Å². The van der Waals surface area contributed by atoms with Gasteiger partial charge in [-0.1, -0.05) is 12.8 Å². The second-order valence-corrected chi connectivity index (χ2v) is 8.25. The number of hydrogen-bond acceptors (Lipinski definition) is 6. The van der Waals surface area contributed by atoms with Crippen LogP contribution in [0.5, 0.6) is 5.75 Å². The third kappa shape index (κ3) is 3.72. The first-order chi connectivity index (χ1) is 14.2. The molecule has 0 amide bonds. The highest BCUT2D eigenvalue weighted by Gasteiger charge is 2.36. The van der Waals surface area contributed by atoms with Gasteiger partial charge in [-0.2, -0.15) is 13.2 Å². The number of nitrogens with zero attached hydrogens (tertiary/aromatic N) is 4. The number of halogens is 3. The van der Waals surface area contributed by atoms with Gasteiger partial charge in [0, 0.05) is 17.7 Å². The summed E-state index contributed by atoms with van der Waals surface area (Å²) in [5, 5.41) is 29.5. The van der Waals surface area contributed by atoms with E-state index in [2.05, 4.69) is 20.0 Å². The van der Waals surface area contributed by atoms with Gasteiger partial charge >= 0.3 is 6.18 Å². The summed E-state index contributed by atoms with van der Waals surface area (Å²) in [6.45, 7) is 3.06. The van der Waals surface area contributed by atoms with Crippen LogP contribution in [0.25, 0.3) is 11.3 Å². The highest BCUT2D eigenvalue weighted by molar-refractivity contribution is 5.73. The van der Waals surface area contributed by atoms with Gasteiger partial charge in [0.15, 0.2) is 5.82 Å². The summed E-state index contributed by atoms with van der Waals surface area (Å²) in [6, 6.07) is 2.84. The Bertz CT molecular complexity index is 951. The number of phenols is 1. The maximum Gasteiger partial charge on any atom is 0.416 e. The van der Waals surface area contributed by atoms with Crippen molar-refractivity contribution in [3.8, 4) is 17.0 Å². The fraction of sp³-hybridized carbons (Fsp3) is 0.524. The maximum absolute atomic E-state index is 12.9. The van der Waals surface area contributed by atoms with Gasteiger partial charge in [0.2, 0.25) is 0 Å². The second kappa shape index (κ2) is 7.70. The molecule has 1 aromatic heterocycles. The lowest BCUT2D eigenvalue weighted by molar-refractivity contribution is -0.137. The van der Waals surface area contributed by atoms with Gasteiger partial charge < -0.3 is 15.1 Å². The summed E-state index contributed by atoms with van der Waals surface area (Å²) >= 11 is 0. The van der Waals surface area contributed by atoms with E-state index in [9.17, 15) is 23.4 Å². The van der Waals surface area contributed by atoms with Crippen LogP contribution in [-0.4, -0.2) is 51.2 Å². The summed E-state index contributed by atoms with van der Waals surface area (Å²) in [5.74, 6) is 0.220. The van der Waals surface area contributed by atoms with Crippen LogP contribution in [0.3, 0.4) is 0 Å². The molecule has 4 rings (SSSR count). The van der Waals surface area contributed by atoms with Crippen LogP contribution in [0.1, 0.15) is 42.4 Å². The quantitative estimate of drug-likeness (QED) is 0.769. The zero-order chi connectivity index (χ0) is 21.6. The first-order valence-corrected chi connectivity index (χ1v) is 10.1. The molecule has 0 spiro atoms. The minimum atomic E-state index is -4.53. The number of hydrogen-bond donors (Lipinski definition) is 2. The molecule has 1 saturated carbocycles. The van der Waals surface area contributed by atoms with Crippen LogP contribution >= 0.6 is 0 Å². The van der Waals surface area contributed by atoms with Crippen LogP contribution in [0.2, 0.25) is 0 Å². The highest BCUT2D eigenvalue weighted by atomic mass is 19.4. The molecule has 1 fully saturated rings. The third-order valence-electron chi connectivity index (χ3n) is 6.09. The van der Waals surface area contributed by atoms with Crippen LogP contribution in [0.15, 0.2) is 18.2 Å². The lowest BCUT2D eigenvalue weighted by Gasteiger charge is -2.44. The first-order valence-electron chi connectivity index (χ1n) is 10.1. The number of aliphatic hydroxyl groups is 1. The van der Waals surface area contributed by atoms with Crippen molar-refractivity contribution in [2.45, 2.75) is 57.5 Å². The van der Waals surface area contributed by atoms with E-state index in [-0.39, 0.29) is 11.6 Å². The van der Waals surface area contributed by atoms with Gasteiger partial charge in [-0.05, 0) is 50.6 Å². The summed E-state index contributed by atoms with van der Waals surface area (Å²) in [6.07, 6.45) is -1.29. The average molecular weight is 422 g/mol. The van der Waals surface area contributed by atoms with Crippen LogP contribution in [-0.2, 0) is 12.7 Å². The molecule has 1 aliphatic heterocycles. The largest absolute Gasteiger partial charge is 0.507 e. The zero-order valence-corrected chi connectivity index (χ0v) is 16.9. The molecular weight excluding hydrogens is 397 g/mol. The molecule has 0 bridgehead atoms. The van der Waals surface area contributed by atoms with Gasteiger partial charge in [0.25, 0.3) is 0 Å². The fourth-order valence-corrected chi connectivity index (χ4v) is 4.49. The maximum atomic E-state index is 12.9. The van der Waals surface area contributed by atoms with Gasteiger partial charge in [-0.25, -0.2) is 0 Å². The molecule has 2 aliphatic rings. The SMILES string of the molecule is Cc1c(-c2ccc(C(F)(F)F)cc2O)nnc2c1CN(C)CN2[C@@H]1CCCC[C@H]1O. The number of benzene rings is 1. The normalized spacial score (nSPS) is 22.8. The lowest BCUT2D eigenvalue weighted by atomic mass is 9.90. The Morgan fingerprint density at radius 2 is 1.87 bits per heavy atom. The van der Waals surface area contributed by atoms with E-state index in [4.69, 9.17) is 0 Å². The third-order valence-corrected chi connectivity index (χ3v) is 6.09. The van der Waals surface area contributed by atoms with Gasteiger partial charge in [0.1, 0.15) is 11.4 Å². The molecule has 0 saturated heterocycles. The van der Waals surface area contributed by atoms with Crippen molar-refractivity contribution in [3.05, 3.63) is 34.9 Å². The summed E-state index contributed by atoms with van der Waals surface area (Å²) in [4.78, 5) is 4.19. The van der Waals surface area contributed by atoms with Crippen molar-refractivity contribution < 1.29 is 23.4 Å². The summed E-state index contributed by atoms with van der Waals surface area (Å²) in [5.41, 5.74) is 1.33. The first kappa shape index (κ1) is 20.9. The van der Waals surface area contributed by atoms with Crippen molar-refractivity contribution in [3.63, 3.8) is 0 Å². The second-order valence-electron chi connectivity index (χ2n) is 8.25. The van der Waals surface area contributed by atoms with Gasteiger partial charge in [-0.3, -0.25) is 4.90 Å². The van der Waals surface area contributed by atoms with Crippen molar-refractivity contribution in [1.82, 2.24) is 15.1 Å². The number of rotatable bonds is 2.